The average Bonchev–Trinajstić information content (AvgIpc) is 3.11. The van der Waals surface area contributed by atoms with Crippen molar-refractivity contribution in [3.63, 3.8) is 0 Å². The van der Waals surface area contributed by atoms with Crippen molar-refractivity contribution < 1.29 is 19.2 Å². The summed E-state index contributed by atoms with van der Waals surface area (Å²) in [5.74, 6) is 2.44. The Morgan fingerprint density at radius 3 is 1.16 bits per heavy atom. The van der Waals surface area contributed by atoms with E-state index >= 15 is 0 Å². The zero-order valence-corrected chi connectivity index (χ0v) is 34.0. The molecule has 294 valence electrons. The summed E-state index contributed by atoms with van der Waals surface area (Å²) in [6.45, 7) is 32.1. The summed E-state index contributed by atoms with van der Waals surface area (Å²) in [7, 11) is 0. The molecule has 0 aliphatic carbocycles. The van der Waals surface area contributed by atoms with Crippen molar-refractivity contribution in [3.8, 4) is 0 Å². The summed E-state index contributed by atoms with van der Waals surface area (Å²) in [5.41, 5.74) is 0. The Hall–Kier alpha value is -1.88. The molecule has 0 spiro atoms. The first kappa shape index (κ1) is 43.5. The van der Waals surface area contributed by atoms with E-state index in [9.17, 15) is 19.2 Å². The van der Waals surface area contributed by atoms with Gasteiger partial charge in [-0.2, -0.15) is 0 Å². The van der Waals surface area contributed by atoms with Gasteiger partial charge < -0.3 is 19.6 Å². The summed E-state index contributed by atoms with van der Waals surface area (Å²) in [4.78, 5) is 62.3. The van der Waals surface area contributed by atoms with Gasteiger partial charge in [0, 0.05) is 141 Å². The molecular formula is C41H76N6O4. The minimum atomic E-state index is 0.0368. The topological polar surface area (TPSA) is 87.7 Å². The van der Waals surface area contributed by atoms with E-state index in [0.717, 1.165) is 57.8 Å². The molecule has 0 radical (unpaired) electrons. The van der Waals surface area contributed by atoms with Crippen molar-refractivity contribution in [2.45, 2.75) is 125 Å². The van der Waals surface area contributed by atoms with E-state index in [1.54, 1.807) is 0 Å². The smallest absolute Gasteiger partial charge is 0.223 e. The molecule has 0 atom stereocenters. The molecule has 4 fully saturated rings. The molecule has 0 aromatic heterocycles. The number of piperidine rings is 2. The third-order valence-electron chi connectivity index (χ3n) is 11.9. The van der Waals surface area contributed by atoms with Crippen molar-refractivity contribution >= 4 is 23.4 Å². The lowest BCUT2D eigenvalue weighted by atomic mass is 9.95. The lowest BCUT2D eigenvalue weighted by Gasteiger charge is -2.40. The van der Waals surface area contributed by atoms with Crippen molar-refractivity contribution in [1.29, 1.82) is 0 Å². The first-order valence-electron chi connectivity index (χ1n) is 20.8. The number of hydrogen-bond acceptors (Lipinski definition) is 8. The van der Waals surface area contributed by atoms with Crippen LogP contribution in [0.15, 0.2) is 0 Å². The Morgan fingerprint density at radius 2 is 0.804 bits per heavy atom. The molecule has 0 unspecified atom stereocenters. The number of carbonyl (C=O) groups is 4. The summed E-state index contributed by atoms with van der Waals surface area (Å²) in [5, 5.41) is 0. The molecule has 0 aromatic rings. The van der Waals surface area contributed by atoms with Crippen LogP contribution in [0.25, 0.3) is 0 Å². The maximum atomic E-state index is 12.3. The third-order valence-corrected chi connectivity index (χ3v) is 11.9. The molecule has 10 heteroatoms. The Labute approximate surface area is 312 Å². The minimum absolute atomic E-state index is 0.0368. The molecule has 0 aromatic carbocycles. The molecule has 4 aliphatic rings. The first-order chi connectivity index (χ1) is 24.2. The number of amides is 2. The molecule has 2 amide bonds. The van der Waals surface area contributed by atoms with Crippen LogP contribution < -0.4 is 0 Å². The van der Waals surface area contributed by atoms with E-state index < -0.39 is 0 Å². The molecule has 51 heavy (non-hydrogen) atoms. The number of hydrogen-bond donors (Lipinski definition) is 0. The van der Waals surface area contributed by atoms with Crippen LogP contribution in [-0.2, 0) is 19.2 Å². The number of nitrogens with zero attached hydrogens (tertiary/aromatic N) is 6. The Morgan fingerprint density at radius 1 is 0.451 bits per heavy atom. The summed E-state index contributed by atoms with van der Waals surface area (Å²) < 4.78 is 0. The zero-order chi connectivity index (χ0) is 37.5. The van der Waals surface area contributed by atoms with Crippen molar-refractivity contribution in [2.24, 2.45) is 23.7 Å². The van der Waals surface area contributed by atoms with Gasteiger partial charge in [-0.3, -0.25) is 29.0 Å². The highest BCUT2D eigenvalue weighted by Crippen LogP contribution is 2.22. The SMILES string of the molecule is CC(C)C(=O)CCC(=O)N1CCC(CN2CCN(C(C)C)CC2)CC1.CC(C)C(=O)CCCC(=O)N1CCC(CN2CCN(C(C)C)CC2)CC1. The first-order valence-corrected chi connectivity index (χ1v) is 20.8. The standard InChI is InChI=1S/C21H39N3O2.C20H37N3O2/c1-17(2)20(25)6-5-7-21(26)24-10-8-19(9-11-24)16-22-12-14-23(15-13-22)18(3)4;1-16(2)19(24)5-6-20(25)23-9-7-18(8-10-23)15-21-11-13-22(14-12-21)17(3)4/h17-19H,5-16H2,1-4H3;16-18H,5-15H2,1-4H3. The van der Waals surface area contributed by atoms with Gasteiger partial charge in [0.25, 0.3) is 0 Å². The van der Waals surface area contributed by atoms with Crippen LogP contribution in [0.3, 0.4) is 0 Å². The van der Waals surface area contributed by atoms with E-state index in [2.05, 4.69) is 47.3 Å². The lowest BCUT2D eigenvalue weighted by Crippen LogP contribution is -2.50. The number of carbonyl (C=O) groups excluding carboxylic acids is 4. The van der Waals surface area contributed by atoms with Crippen molar-refractivity contribution in [3.05, 3.63) is 0 Å². The van der Waals surface area contributed by atoms with Gasteiger partial charge >= 0.3 is 0 Å². The number of ketones is 2. The van der Waals surface area contributed by atoms with Gasteiger partial charge in [0.1, 0.15) is 11.6 Å². The highest BCUT2D eigenvalue weighted by molar-refractivity contribution is 5.86. The maximum Gasteiger partial charge on any atom is 0.223 e. The van der Waals surface area contributed by atoms with Gasteiger partial charge in [-0.1, -0.05) is 27.7 Å². The third kappa shape index (κ3) is 15.6. The molecule has 10 nitrogen and oxygen atoms in total. The number of rotatable bonds is 15. The lowest BCUT2D eigenvalue weighted by molar-refractivity contribution is -0.135. The van der Waals surface area contributed by atoms with E-state index in [-0.39, 0.29) is 35.2 Å². The van der Waals surface area contributed by atoms with E-state index in [4.69, 9.17) is 0 Å². The monoisotopic (exact) mass is 717 g/mol. The van der Waals surface area contributed by atoms with Crippen molar-refractivity contribution in [2.75, 3.05) is 91.6 Å². The Balaban J connectivity index is 0.000000276. The van der Waals surface area contributed by atoms with Gasteiger partial charge in [0.2, 0.25) is 11.8 Å². The minimum Gasteiger partial charge on any atom is -0.343 e. The summed E-state index contributed by atoms with van der Waals surface area (Å²) >= 11 is 0. The molecule has 4 aliphatic heterocycles. The highest BCUT2D eigenvalue weighted by atomic mass is 16.2. The summed E-state index contributed by atoms with van der Waals surface area (Å²) in [6.07, 6.45) is 7.03. The van der Waals surface area contributed by atoms with Gasteiger partial charge in [0.15, 0.2) is 0 Å². The fraction of sp³-hybridized carbons (Fsp3) is 0.902. The van der Waals surface area contributed by atoms with Crippen LogP contribution in [0, 0.1) is 23.7 Å². The van der Waals surface area contributed by atoms with E-state index in [1.165, 1.54) is 65.4 Å². The maximum absolute atomic E-state index is 12.3. The van der Waals surface area contributed by atoms with Gasteiger partial charge in [-0.25, -0.2) is 0 Å². The molecule has 0 bridgehead atoms. The van der Waals surface area contributed by atoms with Gasteiger partial charge in [-0.05, 0) is 71.6 Å². The predicted molar refractivity (Wildman–Crippen MR) is 208 cm³/mol. The molecule has 0 N–H and O–H groups in total. The van der Waals surface area contributed by atoms with Crippen molar-refractivity contribution in [1.82, 2.24) is 29.4 Å². The Kier molecular flexibility index (Phi) is 19.1. The fourth-order valence-electron chi connectivity index (χ4n) is 7.92. The number of Topliss-reactive ketones (excluding diaryl/α,β-unsaturated/α-hetero) is 2. The Bertz CT molecular complexity index is 1050. The second-order valence-corrected chi connectivity index (χ2v) is 17.1. The molecular weight excluding hydrogens is 640 g/mol. The van der Waals surface area contributed by atoms with Crippen LogP contribution in [0.2, 0.25) is 0 Å². The van der Waals surface area contributed by atoms with Crippen LogP contribution in [0.4, 0.5) is 0 Å². The van der Waals surface area contributed by atoms with Crippen LogP contribution >= 0.6 is 0 Å². The molecule has 4 rings (SSSR count). The molecule has 0 saturated carbocycles. The van der Waals surface area contributed by atoms with E-state index in [0.29, 0.717) is 50.1 Å². The predicted octanol–water partition coefficient (Wildman–Crippen LogP) is 4.90. The number of piperazine rings is 2. The second-order valence-electron chi connectivity index (χ2n) is 17.1. The second kappa shape index (κ2) is 22.4. The normalized spacial score (nSPS) is 21.1. The quantitative estimate of drug-likeness (QED) is 0.237. The van der Waals surface area contributed by atoms with Crippen LogP contribution in [-0.4, -0.2) is 156 Å². The van der Waals surface area contributed by atoms with Crippen LogP contribution in [0.1, 0.15) is 113 Å². The largest absolute Gasteiger partial charge is 0.343 e. The van der Waals surface area contributed by atoms with Gasteiger partial charge in [0.05, 0.1) is 0 Å². The zero-order valence-electron chi connectivity index (χ0n) is 34.0. The van der Waals surface area contributed by atoms with Gasteiger partial charge in [-0.15, -0.1) is 0 Å². The van der Waals surface area contributed by atoms with Crippen LogP contribution in [0.5, 0.6) is 0 Å². The highest BCUT2D eigenvalue weighted by Gasteiger charge is 2.28. The molecule has 4 saturated heterocycles. The summed E-state index contributed by atoms with van der Waals surface area (Å²) in [6, 6.07) is 1.31. The van der Waals surface area contributed by atoms with E-state index in [1.807, 2.05) is 37.5 Å². The number of likely N-dealkylation sites (tertiary alicyclic amines) is 2. The molecule has 4 heterocycles. The average molecular weight is 717 g/mol. The fourth-order valence-corrected chi connectivity index (χ4v) is 7.92.